The number of aryl methyl sites for hydroxylation is 2. The molecule has 0 unspecified atom stereocenters. The minimum atomic E-state index is -0.276. The third-order valence-corrected chi connectivity index (χ3v) is 4.40. The Kier molecular flexibility index (Phi) is 5.32. The molecule has 0 fully saturated rings. The second kappa shape index (κ2) is 7.66. The van der Waals surface area contributed by atoms with Crippen LogP contribution in [0, 0.1) is 13.8 Å². The van der Waals surface area contributed by atoms with Gasteiger partial charge in [-0.1, -0.05) is 11.6 Å². The van der Waals surface area contributed by atoms with Crippen molar-refractivity contribution < 1.29 is 13.9 Å². The van der Waals surface area contributed by atoms with Gasteiger partial charge in [-0.05, 0) is 49.7 Å². The number of aromatic nitrogens is 2. The van der Waals surface area contributed by atoms with E-state index in [-0.39, 0.29) is 18.3 Å². The highest BCUT2D eigenvalue weighted by atomic mass is 35.5. The van der Waals surface area contributed by atoms with Crippen molar-refractivity contribution >= 4 is 17.5 Å². The molecule has 3 aromatic rings. The lowest BCUT2D eigenvalue weighted by atomic mass is 10.2. The van der Waals surface area contributed by atoms with Gasteiger partial charge in [0.2, 0.25) is 0 Å². The quantitative estimate of drug-likeness (QED) is 0.713. The van der Waals surface area contributed by atoms with E-state index in [0.717, 1.165) is 22.6 Å². The highest BCUT2D eigenvalue weighted by molar-refractivity contribution is 6.30. The summed E-state index contributed by atoms with van der Waals surface area (Å²) in [5, 5.41) is 7.65. The fourth-order valence-corrected chi connectivity index (χ4v) is 2.71. The number of nitrogens with one attached hydrogen (secondary N) is 1. The first-order chi connectivity index (χ1) is 12.4. The number of hydrogen-bond donors (Lipinski definition) is 1. The smallest absolute Gasteiger partial charge is 0.287 e. The van der Waals surface area contributed by atoms with Gasteiger partial charge in [0.25, 0.3) is 5.91 Å². The molecule has 0 radical (unpaired) electrons. The van der Waals surface area contributed by atoms with E-state index in [4.69, 9.17) is 20.8 Å². The number of carbonyl (C=O) groups is 1. The lowest BCUT2D eigenvalue weighted by molar-refractivity contribution is 0.0919. The summed E-state index contributed by atoms with van der Waals surface area (Å²) in [4.78, 5) is 12.2. The molecule has 0 saturated heterocycles. The van der Waals surface area contributed by atoms with Gasteiger partial charge in [0.15, 0.2) is 5.76 Å². The molecule has 1 aromatic carbocycles. The van der Waals surface area contributed by atoms with Crippen molar-refractivity contribution in [2.24, 2.45) is 7.05 Å². The summed E-state index contributed by atoms with van der Waals surface area (Å²) in [5.41, 5.74) is 2.92. The van der Waals surface area contributed by atoms with Crippen LogP contribution < -0.4 is 10.1 Å². The predicted octanol–water partition coefficient (Wildman–Crippen LogP) is 3.79. The average Bonchev–Trinajstić information content (AvgIpc) is 3.20. The van der Waals surface area contributed by atoms with Gasteiger partial charge in [-0.15, -0.1) is 0 Å². The van der Waals surface area contributed by atoms with E-state index in [1.165, 1.54) is 0 Å². The van der Waals surface area contributed by atoms with Crippen LogP contribution in [-0.4, -0.2) is 15.7 Å². The van der Waals surface area contributed by atoms with Gasteiger partial charge in [0.05, 0.1) is 6.20 Å². The lowest BCUT2D eigenvalue weighted by Gasteiger charge is -2.07. The van der Waals surface area contributed by atoms with Crippen molar-refractivity contribution in [3.63, 3.8) is 0 Å². The first-order valence-electron chi connectivity index (χ1n) is 8.17. The second-order valence-electron chi connectivity index (χ2n) is 6.03. The van der Waals surface area contributed by atoms with E-state index < -0.39 is 0 Å². The van der Waals surface area contributed by atoms with Gasteiger partial charge in [0.1, 0.15) is 18.1 Å². The molecule has 3 rings (SSSR count). The number of ether oxygens (including phenoxy) is 1. The van der Waals surface area contributed by atoms with Crippen LogP contribution in [0.5, 0.6) is 5.75 Å². The Bertz CT molecular complexity index is 930. The van der Waals surface area contributed by atoms with Crippen LogP contribution in [0.15, 0.2) is 40.9 Å². The summed E-state index contributed by atoms with van der Waals surface area (Å²) in [6.07, 6.45) is 1.74. The van der Waals surface area contributed by atoms with E-state index in [9.17, 15) is 4.79 Å². The number of halogens is 1. The molecule has 0 aliphatic heterocycles. The molecule has 1 amide bonds. The largest absolute Gasteiger partial charge is 0.485 e. The molecule has 0 aliphatic carbocycles. The Morgan fingerprint density at radius 2 is 2.12 bits per heavy atom. The number of nitrogens with zero attached hydrogens (tertiary/aromatic N) is 2. The van der Waals surface area contributed by atoms with Gasteiger partial charge in [0, 0.05) is 29.9 Å². The van der Waals surface area contributed by atoms with Crippen molar-refractivity contribution in [2.45, 2.75) is 27.0 Å². The molecule has 136 valence electrons. The van der Waals surface area contributed by atoms with Crippen molar-refractivity contribution in [2.75, 3.05) is 0 Å². The van der Waals surface area contributed by atoms with Crippen LogP contribution in [-0.2, 0) is 20.2 Å². The maximum atomic E-state index is 12.2. The summed E-state index contributed by atoms with van der Waals surface area (Å²) < 4.78 is 13.1. The minimum Gasteiger partial charge on any atom is -0.485 e. The Morgan fingerprint density at radius 3 is 2.81 bits per heavy atom. The molecule has 2 aromatic heterocycles. The zero-order valence-electron chi connectivity index (χ0n) is 14.9. The minimum absolute atomic E-state index is 0.234. The topological polar surface area (TPSA) is 69.3 Å². The Hall–Kier alpha value is -2.73. The monoisotopic (exact) mass is 373 g/mol. The van der Waals surface area contributed by atoms with Gasteiger partial charge < -0.3 is 14.5 Å². The van der Waals surface area contributed by atoms with Crippen LogP contribution in [0.3, 0.4) is 0 Å². The van der Waals surface area contributed by atoms with Crippen molar-refractivity contribution in [1.29, 1.82) is 0 Å². The first-order valence-corrected chi connectivity index (χ1v) is 8.55. The number of carbonyl (C=O) groups excluding carboxylic acids is 1. The molecular weight excluding hydrogens is 354 g/mol. The lowest BCUT2D eigenvalue weighted by Crippen LogP contribution is -2.22. The van der Waals surface area contributed by atoms with Crippen LogP contribution >= 0.6 is 11.6 Å². The van der Waals surface area contributed by atoms with Crippen LogP contribution in [0.25, 0.3) is 0 Å². The molecular formula is C19H20ClN3O3. The highest BCUT2D eigenvalue weighted by Gasteiger charge is 2.13. The molecule has 0 bridgehead atoms. The van der Waals surface area contributed by atoms with Crippen molar-refractivity contribution in [3.8, 4) is 5.75 Å². The number of hydrogen-bond acceptors (Lipinski definition) is 4. The van der Waals surface area contributed by atoms with Gasteiger partial charge in [-0.3, -0.25) is 9.48 Å². The SMILES string of the molecule is Cc1cc(Cl)ccc1OCc1ccc(C(=O)NCc2cnn(C)c2C)o1. The standard InChI is InChI=1S/C19H20ClN3O3/c1-12-8-15(20)4-6-17(12)25-11-16-5-7-18(26-16)19(24)21-9-14-10-22-23(3)13(14)2/h4-8,10H,9,11H2,1-3H3,(H,21,24). The number of furan rings is 1. The number of amides is 1. The molecule has 0 spiro atoms. The fourth-order valence-electron chi connectivity index (χ4n) is 2.48. The molecule has 6 nitrogen and oxygen atoms in total. The van der Waals surface area contributed by atoms with Gasteiger partial charge in [-0.25, -0.2) is 0 Å². The third-order valence-electron chi connectivity index (χ3n) is 4.17. The fraction of sp³-hybridized carbons (Fsp3) is 0.263. The van der Waals surface area contributed by atoms with Crippen LogP contribution in [0.1, 0.15) is 33.1 Å². The van der Waals surface area contributed by atoms with E-state index in [1.54, 1.807) is 29.1 Å². The van der Waals surface area contributed by atoms with E-state index >= 15 is 0 Å². The second-order valence-corrected chi connectivity index (χ2v) is 6.46. The van der Waals surface area contributed by atoms with E-state index in [2.05, 4.69) is 10.4 Å². The number of benzene rings is 1. The summed E-state index contributed by atoms with van der Waals surface area (Å²) in [7, 11) is 1.86. The van der Waals surface area contributed by atoms with E-state index in [0.29, 0.717) is 17.3 Å². The highest BCUT2D eigenvalue weighted by Crippen LogP contribution is 2.23. The third kappa shape index (κ3) is 4.08. The average molecular weight is 374 g/mol. The summed E-state index contributed by atoms with van der Waals surface area (Å²) in [5.74, 6) is 1.27. The predicted molar refractivity (Wildman–Crippen MR) is 98.3 cm³/mol. The molecule has 0 saturated carbocycles. The maximum absolute atomic E-state index is 12.2. The molecule has 0 atom stereocenters. The summed E-state index contributed by atoms with van der Waals surface area (Å²) in [6.45, 7) is 4.50. The van der Waals surface area contributed by atoms with Gasteiger partial charge in [-0.2, -0.15) is 5.10 Å². The zero-order valence-corrected chi connectivity index (χ0v) is 15.6. The Balaban J connectivity index is 1.56. The van der Waals surface area contributed by atoms with Crippen LogP contribution in [0.2, 0.25) is 5.02 Å². The molecule has 7 heteroatoms. The van der Waals surface area contributed by atoms with E-state index in [1.807, 2.05) is 33.0 Å². The molecule has 1 N–H and O–H groups in total. The zero-order chi connectivity index (χ0) is 18.7. The summed E-state index contributed by atoms with van der Waals surface area (Å²) >= 11 is 5.93. The Labute approximate surface area is 156 Å². The van der Waals surface area contributed by atoms with Gasteiger partial charge >= 0.3 is 0 Å². The summed E-state index contributed by atoms with van der Waals surface area (Å²) in [6, 6.07) is 8.78. The molecule has 26 heavy (non-hydrogen) atoms. The Morgan fingerprint density at radius 1 is 1.31 bits per heavy atom. The van der Waals surface area contributed by atoms with Crippen molar-refractivity contribution in [1.82, 2.24) is 15.1 Å². The van der Waals surface area contributed by atoms with Crippen LogP contribution in [0.4, 0.5) is 0 Å². The normalized spacial score (nSPS) is 10.8. The molecule has 2 heterocycles. The maximum Gasteiger partial charge on any atom is 0.287 e. The van der Waals surface area contributed by atoms with Crippen molar-refractivity contribution in [3.05, 3.63) is 69.9 Å². The number of rotatable bonds is 6. The molecule has 0 aliphatic rings. The first kappa shape index (κ1) is 18.1.